The summed E-state index contributed by atoms with van der Waals surface area (Å²) in [6, 6.07) is 9.10. The van der Waals surface area contributed by atoms with E-state index in [0.717, 1.165) is 41.6 Å². The fourth-order valence-electron chi connectivity index (χ4n) is 3.81. The second-order valence-corrected chi connectivity index (χ2v) is 7.39. The van der Waals surface area contributed by atoms with E-state index < -0.39 is 0 Å². The first-order valence-corrected chi connectivity index (χ1v) is 9.55. The zero-order chi connectivity index (χ0) is 19.1. The maximum atomic E-state index is 14.3. The summed E-state index contributed by atoms with van der Waals surface area (Å²) in [7, 11) is 0. The van der Waals surface area contributed by atoms with Gasteiger partial charge in [-0.2, -0.15) is 0 Å². The van der Waals surface area contributed by atoms with Gasteiger partial charge < -0.3 is 5.32 Å². The number of carbonyl (C=O) groups is 1. The Balaban J connectivity index is 1.45. The number of fused-ring (bicyclic) bond motifs is 1. The quantitative estimate of drug-likeness (QED) is 0.760. The van der Waals surface area contributed by atoms with E-state index in [2.05, 4.69) is 20.3 Å². The molecule has 1 aromatic carbocycles. The fraction of sp³-hybridized carbons (Fsp3) is 0.273. The van der Waals surface area contributed by atoms with Gasteiger partial charge >= 0.3 is 0 Å². The van der Waals surface area contributed by atoms with Crippen LogP contribution in [0.25, 0.3) is 11.4 Å². The number of pyridine rings is 1. The average Bonchev–Trinajstić information content (AvgIpc) is 3.53. The third-order valence-electron chi connectivity index (χ3n) is 5.39. The summed E-state index contributed by atoms with van der Waals surface area (Å²) in [5.41, 5.74) is 5.46. The second kappa shape index (κ2) is 6.78. The van der Waals surface area contributed by atoms with Crippen LogP contribution < -0.4 is 5.32 Å². The monoisotopic (exact) mass is 374 g/mol. The van der Waals surface area contributed by atoms with Gasteiger partial charge in [-0.3, -0.25) is 9.78 Å². The molecule has 0 spiro atoms. The van der Waals surface area contributed by atoms with Crippen molar-refractivity contribution in [3.63, 3.8) is 0 Å². The van der Waals surface area contributed by atoms with E-state index in [9.17, 15) is 9.18 Å². The predicted molar refractivity (Wildman–Crippen MR) is 102 cm³/mol. The molecule has 1 N–H and O–H groups in total. The minimum absolute atomic E-state index is 0.0783. The minimum atomic E-state index is -0.126. The first-order chi connectivity index (χ1) is 13.7. The smallest absolute Gasteiger partial charge is 0.251 e. The molecule has 0 bridgehead atoms. The molecule has 3 aromatic rings. The molecular weight excluding hydrogens is 355 g/mol. The molecule has 6 heteroatoms. The Morgan fingerprint density at radius 1 is 1.11 bits per heavy atom. The zero-order valence-corrected chi connectivity index (χ0v) is 15.3. The van der Waals surface area contributed by atoms with Crippen molar-refractivity contribution in [3.8, 4) is 11.4 Å². The van der Waals surface area contributed by atoms with Crippen LogP contribution in [0.5, 0.6) is 0 Å². The summed E-state index contributed by atoms with van der Waals surface area (Å²) >= 11 is 0. The van der Waals surface area contributed by atoms with Gasteiger partial charge in [0.25, 0.3) is 5.91 Å². The van der Waals surface area contributed by atoms with Crippen LogP contribution in [-0.4, -0.2) is 27.4 Å². The number of nitrogens with zero attached hydrogens (tertiary/aromatic N) is 3. The lowest BCUT2D eigenvalue weighted by atomic mass is 9.97. The van der Waals surface area contributed by atoms with E-state index in [0.29, 0.717) is 35.8 Å². The molecule has 3 heterocycles. The van der Waals surface area contributed by atoms with Gasteiger partial charge in [0.2, 0.25) is 0 Å². The van der Waals surface area contributed by atoms with Crippen LogP contribution in [0.4, 0.5) is 4.39 Å². The molecule has 0 unspecified atom stereocenters. The molecule has 140 valence electrons. The summed E-state index contributed by atoms with van der Waals surface area (Å²) < 4.78 is 14.3. The van der Waals surface area contributed by atoms with Crippen molar-refractivity contribution < 1.29 is 9.18 Å². The van der Waals surface area contributed by atoms with Crippen LogP contribution in [0.15, 0.2) is 42.9 Å². The van der Waals surface area contributed by atoms with Crippen molar-refractivity contribution in [1.29, 1.82) is 0 Å². The highest BCUT2D eigenvalue weighted by Gasteiger charge is 2.26. The molecule has 28 heavy (non-hydrogen) atoms. The van der Waals surface area contributed by atoms with Gasteiger partial charge in [-0.1, -0.05) is 12.1 Å². The zero-order valence-electron chi connectivity index (χ0n) is 15.3. The molecular formula is C22H19FN4O. The summed E-state index contributed by atoms with van der Waals surface area (Å²) in [4.78, 5) is 25.3. The van der Waals surface area contributed by atoms with Gasteiger partial charge in [0, 0.05) is 30.4 Å². The van der Waals surface area contributed by atoms with Crippen LogP contribution in [0.1, 0.15) is 51.5 Å². The van der Waals surface area contributed by atoms with E-state index in [1.807, 2.05) is 18.2 Å². The normalized spacial score (nSPS) is 15.8. The molecule has 1 aliphatic heterocycles. The van der Waals surface area contributed by atoms with Gasteiger partial charge in [-0.25, -0.2) is 14.4 Å². The highest BCUT2D eigenvalue weighted by molar-refractivity contribution is 5.98. The lowest BCUT2D eigenvalue weighted by molar-refractivity contribution is 0.0946. The van der Waals surface area contributed by atoms with E-state index in [4.69, 9.17) is 0 Å². The van der Waals surface area contributed by atoms with Gasteiger partial charge in [0.15, 0.2) is 0 Å². The standard InChI is InChI=1S/C22H19FN4O/c23-19-10-13(1-4-16(19)14-2-3-14)9-15-11-20(27-12-26-15)21-17-5-8-25-22(28)18(17)6-7-24-21/h1,4,6-7,10-12,14H,2-3,5,8-9H2,(H,25,28). The molecule has 0 saturated heterocycles. The Morgan fingerprint density at radius 3 is 2.82 bits per heavy atom. The largest absolute Gasteiger partial charge is 0.352 e. The Labute approximate surface area is 162 Å². The van der Waals surface area contributed by atoms with Crippen molar-refractivity contribution in [1.82, 2.24) is 20.3 Å². The van der Waals surface area contributed by atoms with Gasteiger partial charge in [0.1, 0.15) is 12.1 Å². The highest BCUT2D eigenvalue weighted by Crippen LogP contribution is 2.41. The molecule has 1 saturated carbocycles. The molecule has 0 radical (unpaired) electrons. The number of hydrogen-bond donors (Lipinski definition) is 1. The van der Waals surface area contributed by atoms with E-state index in [-0.39, 0.29) is 11.7 Å². The topological polar surface area (TPSA) is 67.8 Å². The van der Waals surface area contributed by atoms with Crippen molar-refractivity contribution >= 4 is 5.91 Å². The Hall–Kier alpha value is -3.15. The number of amides is 1. The molecule has 2 aliphatic rings. The van der Waals surface area contributed by atoms with Crippen molar-refractivity contribution in [2.24, 2.45) is 0 Å². The van der Waals surface area contributed by atoms with Crippen molar-refractivity contribution in [2.75, 3.05) is 6.54 Å². The molecule has 1 aliphatic carbocycles. The number of halogens is 1. The first-order valence-electron chi connectivity index (χ1n) is 9.55. The number of nitrogens with one attached hydrogen (secondary N) is 1. The summed E-state index contributed by atoms with van der Waals surface area (Å²) in [6.45, 7) is 0.592. The molecule has 1 amide bonds. The second-order valence-electron chi connectivity index (χ2n) is 7.39. The van der Waals surface area contributed by atoms with Crippen molar-refractivity contribution in [2.45, 2.75) is 31.6 Å². The Kier molecular flexibility index (Phi) is 4.11. The highest BCUT2D eigenvalue weighted by atomic mass is 19.1. The van der Waals surface area contributed by atoms with Gasteiger partial charge in [-0.05, 0) is 60.1 Å². The maximum Gasteiger partial charge on any atom is 0.251 e. The number of hydrogen-bond acceptors (Lipinski definition) is 4. The first kappa shape index (κ1) is 17.0. The molecule has 1 fully saturated rings. The molecule has 5 nitrogen and oxygen atoms in total. The average molecular weight is 374 g/mol. The van der Waals surface area contributed by atoms with E-state index >= 15 is 0 Å². The van der Waals surface area contributed by atoms with Crippen molar-refractivity contribution in [3.05, 3.63) is 76.6 Å². The maximum absolute atomic E-state index is 14.3. The number of aromatic nitrogens is 3. The van der Waals surface area contributed by atoms with Crippen LogP contribution >= 0.6 is 0 Å². The SMILES string of the molecule is O=C1NCCc2c1ccnc2-c1cc(Cc2ccc(C3CC3)c(F)c2)ncn1. The third kappa shape index (κ3) is 3.15. The lowest BCUT2D eigenvalue weighted by Gasteiger charge is -2.18. The molecule has 2 aromatic heterocycles. The van der Waals surface area contributed by atoms with Crippen LogP contribution in [0.2, 0.25) is 0 Å². The fourth-order valence-corrected chi connectivity index (χ4v) is 3.81. The van der Waals surface area contributed by atoms with E-state index in [1.165, 1.54) is 6.33 Å². The van der Waals surface area contributed by atoms with Crippen LogP contribution in [0, 0.1) is 5.82 Å². The number of benzene rings is 1. The van der Waals surface area contributed by atoms with Gasteiger partial charge in [0.05, 0.1) is 11.4 Å². The molecule has 0 atom stereocenters. The minimum Gasteiger partial charge on any atom is -0.352 e. The number of rotatable bonds is 4. The Morgan fingerprint density at radius 2 is 2.00 bits per heavy atom. The van der Waals surface area contributed by atoms with Crippen LogP contribution in [-0.2, 0) is 12.8 Å². The Bertz CT molecular complexity index is 1080. The summed E-state index contributed by atoms with van der Waals surface area (Å²) in [6.07, 6.45) is 6.54. The summed E-state index contributed by atoms with van der Waals surface area (Å²) in [5, 5.41) is 2.85. The predicted octanol–water partition coefficient (Wildman–Crippen LogP) is 3.43. The number of carbonyl (C=O) groups excluding carboxylic acids is 1. The molecule has 5 rings (SSSR count). The van der Waals surface area contributed by atoms with Crippen LogP contribution in [0.3, 0.4) is 0 Å². The van der Waals surface area contributed by atoms with Gasteiger partial charge in [-0.15, -0.1) is 0 Å². The van der Waals surface area contributed by atoms with E-state index in [1.54, 1.807) is 18.3 Å². The summed E-state index contributed by atoms with van der Waals surface area (Å²) in [5.74, 6) is 0.191. The lowest BCUT2D eigenvalue weighted by Crippen LogP contribution is -2.32. The third-order valence-corrected chi connectivity index (χ3v) is 5.39.